The molecule has 1 aliphatic carbocycles. The number of esters is 1. The fourth-order valence-corrected chi connectivity index (χ4v) is 10.9. The smallest absolute Gasteiger partial charge is 0.316 e. The van der Waals surface area contributed by atoms with Crippen molar-refractivity contribution in [2.24, 2.45) is 23.7 Å². The van der Waals surface area contributed by atoms with Crippen molar-refractivity contribution in [1.29, 1.82) is 0 Å². The Kier molecular flexibility index (Phi) is 15.7. The maximum Gasteiger partial charge on any atom is 0.316 e. The van der Waals surface area contributed by atoms with E-state index in [0.29, 0.717) is 37.7 Å². The highest BCUT2D eigenvalue weighted by Gasteiger charge is 2.60. The lowest BCUT2D eigenvalue weighted by Crippen LogP contribution is -2.58. The Labute approximate surface area is 374 Å². The van der Waals surface area contributed by atoms with Crippen molar-refractivity contribution in [3.63, 3.8) is 0 Å². The van der Waals surface area contributed by atoms with Gasteiger partial charge < -0.3 is 62.3 Å². The minimum atomic E-state index is -1.71. The van der Waals surface area contributed by atoms with Gasteiger partial charge in [0, 0.05) is 58.8 Å². The van der Waals surface area contributed by atoms with Crippen LogP contribution < -0.4 is 0 Å². The highest BCUT2D eigenvalue weighted by atomic mass is 16.7. The SMILES string of the molecule is CC[C@H](C)[C@H]1O[C@]2(C=C[C@@H]1C)C[C@@H]1C[C@@H](C/C=C(\C)[C@@H](O[C@H]3C[C@H](OC)[C@@H](O[C@H]4C[C@H](OC)[C@@H](O)[C@H](C)O4)[C@H](C)O3)[C@@H](C)/C=C/C=C3\CO[C@@H]4[C@H](OC)C(C)=C[C@@H](C(=O)O1)[C@]34O)O2. The number of carbonyl (C=O) groups is 1. The molecule has 0 unspecified atom stereocenters. The van der Waals surface area contributed by atoms with E-state index in [9.17, 15) is 15.0 Å². The molecule has 0 saturated carbocycles. The first-order valence-electron chi connectivity index (χ1n) is 23.2. The molecule has 0 amide bonds. The van der Waals surface area contributed by atoms with Gasteiger partial charge in [-0.05, 0) is 62.8 Å². The number of rotatable bonds is 9. The summed E-state index contributed by atoms with van der Waals surface area (Å²) in [5, 5.41) is 23.2. The van der Waals surface area contributed by atoms with E-state index in [4.69, 9.17) is 52.1 Å². The summed E-state index contributed by atoms with van der Waals surface area (Å²) in [6.07, 6.45) is 9.95. The van der Waals surface area contributed by atoms with Crippen molar-refractivity contribution < 1.29 is 67.1 Å². The van der Waals surface area contributed by atoms with Crippen molar-refractivity contribution in [2.45, 2.75) is 191 Å². The normalized spacial score (nSPS) is 48.6. The third-order valence-electron chi connectivity index (χ3n) is 14.7. The van der Waals surface area contributed by atoms with Crippen LogP contribution in [0, 0.1) is 23.7 Å². The van der Waals surface area contributed by atoms with Crippen LogP contribution in [0.2, 0.25) is 0 Å². The molecule has 1 spiro atoms. The first-order chi connectivity index (χ1) is 30.0. The fourth-order valence-electron chi connectivity index (χ4n) is 10.9. The van der Waals surface area contributed by atoms with Crippen LogP contribution in [0.4, 0.5) is 0 Å². The van der Waals surface area contributed by atoms with Crippen molar-refractivity contribution in [2.75, 3.05) is 27.9 Å². The predicted octanol–water partition coefficient (Wildman–Crippen LogP) is 6.03. The number of ether oxygens (including phenoxy) is 11. The van der Waals surface area contributed by atoms with Crippen LogP contribution in [0.5, 0.6) is 0 Å². The minimum absolute atomic E-state index is 0.0805. The molecule has 20 atom stereocenters. The Morgan fingerprint density at radius 2 is 1.57 bits per heavy atom. The number of carbonyl (C=O) groups excluding carboxylic acids is 1. The number of fused-ring (bicyclic) bond motifs is 2. The Hall–Kier alpha value is -2.31. The van der Waals surface area contributed by atoms with Crippen LogP contribution in [0.25, 0.3) is 0 Å². The number of allylic oxidation sites excluding steroid dienone is 2. The van der Waals surface area contributed by atoms with Crippen LogP contribution in [0.15, 0.2) is 59.3 Å². The summed E-state index contributed by atoms with van der Waals surface area (Å²) in [6.45, 7) is 16.4. The lowest BCUT2D eigenvalue weighted by Gasteiger charge is -2.48. The lowest BCUT2D eigenvalue weighted by molar-refractivity contribution is -0.318. The zero-order valence-electron chi connectivity index (χ0n) is 39.2. The molecule has 7 aliphatic rings. The van der Waals surface area contributed by atoms with Gasteiger partial charge in [-0.25, -0.2) is 0 Å². The molecule has 0 aromatic carbocycles. The summed E-state index contributed by atoms with van der Waals surface area (Å²) in [5.74, 6) is -2.35. The molecule has 14 heteroatoms. The first kappa shape index (κ1) is 48.6. The van der Waals surface area contributed by atoms with Gasteiger partial charge in [0.15, 0.2) is 18.4 Å². The molecule has 2 N–H and O–H groups in total. The van der Waals surface area contributed by atoms with Crippen molar-refractivity contribution in [3.8, 4) is 0 Å². The van der Waals surface area contributed by atoms with E-state index in [0.717, 1.165) is 17.6 Å². The molecule has 4 saturated heterocycles. The Morgan fingerprint density at radius 1 is 0.857 bits per heavy atom. The zero-order chi connectivity index (χ0) is 45.4. The second-order valence-electron chi connectivity index (χ2n) is 19.2. The summed E-state index contributed by atoms with van der Waals surface area (Å²) in [4.78, 5) is 14.5. The van der Waals surface area contributed by atoms with E-state index < -0.39 is 90.8 Å². The minimum Gasteiger partial charge on any atom is -0.462 e. The number of aliphatic hydroxyl groups excluding tert-OH is 1. The van der Waals surface area contributed by atoms with E-state index in [1.54, 1.807) is 34.3 Å². The van der Waals surface area contributed by atoms with Gasteiger partial charge in [0.25, 0.3) is 0 Å². The molecule has 63 heavy (non-hydrogen) atoms. The van der Waals surface area contributed by atoms with Gasteiger partial charge in [0.2, 0.25) is 0 Å². The molecule has 354 valence electrons. The Balaban J connectivity index is 1.19. The van der Waals surface area contributed by atoms with E-state index >= 15 is 0 Å². The molecule has 6 heterocycles. The van der Waals surface area contributed by atoms with Crippen molar-refractivity contribution in [3.05, 3.63) is 59.3 Å². The fraction of sp³-hybridized carbons (Fsp3) is 0.776. The average Bonchev–Trinajstić information content (AvgIpc) is 3.59. The number of methoxy groups -OCH3 is 3. The predicted molar refractivity (Wildman–Crippen MR) is 232 cm³/mol. The zero-order valence-corrected chi connectivity index (χ0v) is 39.2. The Morgan fingerprint density at radius 3 is 2.29 bits per heavy atom. The number of hydrogen-bond acceptors (Lipinski definition) is 14. The van der Waals surface area contributed by atoms with Crippen LogP contribution in [-0.2, 0) is 56.9 Å². The quantitative estimate of drug-likeness (QED) is 0.204. The molecule has 0 radical (unpaired) electrons. The molecule has 0 aromatic rings. The van der Waals surface area contributed by atoms with E-state index in [2.05, 4.69) is 46.8 Å². The summed E-state index contributed by atoms with van der Waals surface area (Å²) in [5.41, 5.74) is 0.626. The summed E-state index contributed by atoms with van der Waals surface area (Å²) in [6, 6.07) is 0. The molecule has 7 rings (SSSR count). The monoisotopic (exact) mass is 887 g/mol. The third-order valence-corrected chi connectivity index (χ3v) is 14.7. The maximum absolute atomic E-state index is 14.5. The van der Waals surface area contributed by atoms with Gasteiger partial charge in [-0.3, -0.25) is 4.79 Å². The average molecular weight is 887 g/mol. The topological polar surface area (TPSA) is 159 Å². The molecule has 6 aliphatic heterocycles. The van der Waals surface area contributed by atoms with Gasteiger partial charge in [0.1, 0.15) is 42.0 Å². The number of aliphatic hydroxyl groups is 2. The van der Waals surface area contributed by atoms with Crippen molar-refractivity contribution in [1.82, 2.24) is 0 Å². The van der Waals surface area contributed by atoms with Crippen LogP contribution in [-0.4, -0.2) is 141 Å². The molecule has 0 aromatic heterocycles. The van der Waals surface area contributed by atoms with Crippen LogP contribution >= 0.6 is 0 Å². The van der Waals surface area contributed by atoms with E-state index in [1.165, 1.54) is 0 Å². The molecule has 2 bridgehead atoms. The Bertz CT molecular complexity index is 1740. The van der Waals surface area contributed by atoms with Crippen molar-refractivity contribution >= 4 is 5.97 Å². The lowest BCUT2D eigenvalue weighted by atomic mass is 9.70. The van der Waals surface area contributed by atoms with E-state index in [1.807, 2.05) is 38.2 Å². The van der Waals surface area contributed by atoms with Gasteiger partial charge in [0.05, 0.1) is 49.3 Å². The third kappa shape index (κ3) is 10.0. The molecular formula is C49H74O14. The summed E-state index contributed by atoms with van der Waals surface area (Å²) >= 11 is 0. The van der Waals surface area contributed by atoms with Crippen LogP contribution in [0.1, 0.15) is 93.9 Å². The second-order valence-corrected chi connectivity index (χ2v) is 19.2. The maximum atomic E-state index is 14.5. The summed E-state index contributed by atoms with van der Waals surface area (Å²) in [7, 11) is 4.82. The van der Waals surface area contributed by atoms with Gasteiger partial charge in [-0.15, -0.1) is 0 Å². The second kappa shape index (κ2) is 20.3. The highest BCUT2D eigenvalue weighted by molar-refractivity contribution is 5.78. The van der Waals surface area contributed by atoms with Gasteiger partial charge >= 0.3 is 5.97 Å². The van der Waals surface area contributed by atoms with Gasteiger partial charge in [-0.1, -0.05) is 70.6 Å². The molecule has 14 nitrogen and oxygen atoms in total. The van der Waals surface area contributed by atoms with E-state index in [-0.39, 0.29) is 42.7 Å². The van der Waals surface area contributed by atoms with Gasteiger partial charge in [-0.2, -0.15) is 0 Å². The molecule has 4 fully saturated rings. The summed E-state index contributed by atoms with van der Waals surface area (Å²) < 4.78 is 70.0. The van der Waals surface area contributed by atoms with Crippen LogP contribution in [0.3, 0.4) is 0 Å². The standard InChI is InChI=1S/C49H74O14/c1-12-26(2)43-29(5)18-19-48(63-43)24-35-21-34(62-48)17-16-28(4)42(60-40-23-38(54-10)45(32(8)58-40)61-39-22-37(53-9)41(50)31(7)57-39)27(3)14-13-15-33-25-56-46-44(55-11)30(6)20-36(47(51)59-35)49(33,46)52/h13-16,18-20,26-27,29,31-32,34-46,50,52H,12,17,21-25H2,1-11H3/b14-13+,28-16+,33-15+/t26-,27-,29-,31-,32-,34+,35-,36-,37-,38-,39-,40-,41-,42-,43+,44+,45-,46+,48+,49+/m0/s1. The highest BCUT2D eigenvalue weighted by Crippen LogP contribution is 2.48. The molecular weight excluding hydrogens is 813 g/mol. The number of hydrogen-bond donors (Lipinski definition) is 2. The largest absolute Gasteiger partial charge is 0.462 e. The first-order valence-corrected chi connectivity index (χ1v) is 23.2.